The van der Waals surface area contributed by atoms with Crippen LogP contribution in [0.2, 0.25) is 5.02 Å². The van der Waals surface area contributed by atoms with E-state index in [9.17, 15) is 14.0 Å². The van der Waals surface area contributed by atoms with Crippen molar-refractivity contribution in [2.75, 3.05) is 18.4 Å². The molecule has 0 spiro atoms. The smallest absolute Gasteiger partial charge is 0.259 e. The summed E-state index contributed by atoms with van der Waals surface area (Å²) in [5, 5.41) is 14.7. The Balaban J connectivity index is 1.49. The number of amides is 2. The standard InChI is InChI=1S/C19H17ClFN5O3S/c1-10-14(16(25-29-10)15-12(20)3-2-4-13(15)21)18(28)26-7-5-11(6-8-26)17(27)23-19-24-22-9-30-19/h2-4,9,11H,5-8H2,1H3,(H,23,24,27). The Labute approximate surface area is 180 Å². The molecule has 8 nitrogen and oxygen atoms in total. The van der Waals surface area contributed by atoms with Crippen molar-refractivity contribution < 1.29 is 18.5 Å². The first-order valence-electron chi connectivity index (χ1n) is 9.22. The Morgan fingerprint density at radius 2 is 2.10 bits per heavy atom. The summed E-state index contributed by atoms with van der Waals surface area (Å²) in [7, 11) is 0. The third kappa shape index (κ3) is 3.92. The van der Waals surface area contributed by atoms with Crippen molar-refractivity contribution in [3.63, 3.8) is 0 Å². The number of benzene rings is 1. The average molecular weight is 450 g/mol. The molecule has 0 atom stereocenters. The van der Waals surface area contributed by atoms with Crippen LogP contribution < -0.4 is 5.32 Å². The zero-order valence-electron chi connectivity index (χ0n) is 15.9. The van der Waals surface area contributed by atoms with Gasteiger partial charge in [0.2, 0.25) is 11.0 Å². The predicted molar refractivity (Wildman–Crippen MR) is 109 cm³/mol. The lowest BCUT2D eigenvalue weighted by Gasteiger charge is -2.31. The van der Waals surface area contributed by atoms with Crippen molar-refractivity contribution in [2.45, 2.75) is 19.8 Å². The molecule has 11 heteroatoms. The molecule has 0 aliphatic carbocycles. The van der Waals surface area contributed by atoms with E-state index in [4.69, 9.17) is 16.1 Å². The van der Waals surface area contributed by atoms with Gasteiger partial charge in [-0.25, -0.2) is 4.39 Å². The first kappa shape index (κ1) is 20.4. The number of anilines is 1. The van der Waals surface area contributed by atoms with E-state index in [1.165, 1.54) is 35.0 Å². The molecule has 0 radical (unpaired) electrons. The van der Waals surface area contributed by atoms with E-state index >= 15 is 0 Å². The first-order chi connectivity index (χ1) is 14.5. The van der Waals surface area contributed by atoms with Crippen LogP contribution in [-0.4, -0.2) is 45.2 Å². The van der Waals surface area contributed by atoms with Crippen LogP contribution in [0.25, 0.3) is 11.3 Å². The zero-order valence-corrected chi connectivity index (χ0v) is 17.5. The molecule has 3 heterocycles. The first-order valence-corrected chi connectivity index (χ1v) is 10.5. The van der Waals surface area contributed by atoms with Gasteiger partial charge in [-0.2, -0.15) is 0 Å². The number of aromatic nitrogens is 3. The Morgan fingerprint density at radius 3 is 2.77 bits per heavy atom. The van der Waals surface area contributed by atoms with Crippen molar-refractivity contribution in [3.05, 3.63) is 45.9 Å². The molecule has 0 saturated carbocycles. The van der Waals surface area contributed by atoms with Gasteiger partial charge in [-0.3, -0.25) is 9.59 Å². The van der Waals surface area contributed by atoms with Crippen molar-refractivity contribution in [1.82, 2.24) is 20.3 Å². The number of nitrogens with one attached hydrogen (secondary N) is 1. The number of carbonyl (C=O) groups excluding carboxylic acids is 2. The lowest BCUT2D eigenvalue weighted by atomic mass is 9.95. The Bertz CT molecular complexity index is 1060. The number of rotatable bonds is 4. The Morgan fingerprint density at radius 1 is 1.33 bits per heavy atom. The molecule has 1 saturated heterocycles. The highest BCUT2D eigenvalue weighted by atomic mass is 35.5. The molecule has 1 fully saturated rings. The maximum Gasteiger partial charge on any atom is 0.259 e. The SMILES string of the molecule is Cc1onc(-c2c(F)cccc2Cl)c1C(=O)N1CCC(C(=O)Nc2nncs2)CC1. The van der Waals surface area contributed by atoms with Crippen LogP contribution in [0.4, 0.5) is 9.52 Å². The average Bonchev–Trinajstić information content (AvgIpc) is 3.37. The van der Waals surface area contributed by atoms with Crippen LogP contribution in [0.1, 0.15) is 29.0 Å². The summed E-state index contributed by atoms with van der Waals surface area (Å²) in [6.45, 7) is 2.35. The van der Waals surface area contributed by atoms with Crippen molar-refractivity contribution in [3.8, 4) is 11.3 Å². The number of likely N-dealkylation sites (tertiary alicyclic amines) is 1. The highest BCUT2D eigenvalue weighted by Gasteiger charge is 2.32. The third-order valence-corrected chi connectivity index (χ3v) is 5.94. The largest absolute Gasteiger partial charge is 0.360 e. The molecule has 2 amide bonds. The summed E-state index contributed by atoms with van der Waals surface area (Å²) in [4.78, 5) is 27.2. The molecular weight excluding hydrogens is 433 g/mol. The fourth-order valence-electron chi connectivity index (χ4n) is 3.46. The van der Waals surface area contributed by atoms with E-state index in [2.05, 4.69) is 20.7 Å². The second-order valence-electron chi connectivity index (χ2n) is 6.86. The molecular formula is C19H17ClFN5O3S. The zero-order chi connectivity index (χ0) is 21.3. The summed E-state index contributed by atoms with van der Waals surface area (Å²) in [6.07, 6.45) is 0.993. The maximum atomic E-state index is 14.4. The number of piperidine rings is 1. The van der Waals surface area contributed by atoms with E-state index < -0.39 is 5.82 Å². The minimum Gasteiger partial charge on any atom is -0.360 e. The molecule has 30 heavy (non-hydrogen) atoms. The highest BCUT2D eigenvalue weighted by Crippen LogP contribution is 2.34. The third-order valence-electron chi connectivity index (χ3n) is 5.02. The summed E-state index contributed by atoms with van der Waals surface area (Å²) in [6, 6.07) is 4.26. The normalized spacial score (nSPS) is 14.7. The van der Waals surface area contributed by atoms with Crippen LogP contribution >= 0.6 is 22.9 Å². The van der Waals surface area contributed by atoms with Crippen LogP contribution in [0, 0.1) is 18.7 Å². The molecule has 4 rings (SSSR count). The van der Waals surface area contributed by atoms with Gasteiger partial charge in [0.1, 0.15) is 28.3 Å². The van der Waals surface area contributed by atoms with Gasteiger partial charge in [-0.1, -0.05) is 34.2 Å². The Kier molecular flexibility index (Phi) is 5.78. The van der Waals surface area contributed by atoms with Gasteiger partial charge in [0.15, 0.2) is 0 Å². The minimum absolute atomic E-state index is 0.0330. The van der Waals surface area contributed by atoms with Gasteiger partial charge < -0.3 is 14.7 Å². The molecule has 156 valence electrons. The monoisotopic (exact) mass is 449 g/mol. The van der Waals surface area contributed by atoms with Crippen molar-refractivity contribution in [2.24, 2.45) is 5.92 Å². The minimum atomic E-state index is -0.586. The maximum absolute atomic E-state index is 14.4. The molecule has 1 aromatic carbocycles. The molecule has 1 aliphatic heterocycles. The molecule has 1 aliphatic rings. The van der Waals surface area contributed by atoms with Gasteiger partial charge in [-0.05, 0) is 31.9 Å². The lowest BCUT2D eigenvalue weighted by molar-refractivity contribution is -0.121. The van der Waals surface area contributed by atoms with E-state index in [0.717, 1.165) is 0 Å². The van der Waals surface area contributed by atoms with Gasteiger partial charge in [-0.15, -0.1) is 10.2 Å². The van der Waals surface area contributed by atoms with Gasteiger partial charge >= 0.3 is 0 Å². The van der Waals surface area contributed by atoms with Gasteiger partial charge in [0, 0.05) is 19.0 Å². The van der Waals surface area contributed by atoms with Crippen LogP contribution in [0.15, 0.2) is 28.2 Å². The number of aryl methyl sites for hydroxylation is 1. The number of carbonyl (C=O) groups is 2. The topological polar surface area (TPSA) is 101 Å². The highest BCUT2D eigenvalue weighted by molar-refractivity contribution is 7.13. The summed E-state index contributed by atoms with van der Waals surface area (Å²) in [5.74, 6) is -1.01. The molecule has 0 unspecified atom stereocenters. The molecule has 0 bridgehead atoms. The number of hydrogen-bond acceptors (Lipinski definition) is 7. The molecule has 3 aromatic rings. The lowest BCUT2D eigenvalue weighted by Crippen LogP contribution is -2.41. The predicted octanol–water partition coefficient (Wildman–Crippen LogP) is 3.78. The second kappa shape index (κ2) is 8.49. The second-order valence-corrected chi connectivity index (χ2v) is 8.10. The Hall–Kier alpha value is -2.85. The van der Waals surface area contributed by atoms with E-state index in [1.807, 2.05) is 0 Å². The molecule has 2 aromatic heterocycles. The summed E-state index contributed by atoms with van der Waals surface area (Å²) >= 11 is 7.39. The van der Waals surface area contributed by atoms with E-state index in [1.54, 1.807) is 11.8 Å². The number of hydrogen-bond donors (Lipinski definition) is 1. The van der Waals surface area contributed by atoms with E-state index in [0.29, 0.717) is 31.1 Å². The fraction of sp³-hybridized carbons (Fsp3) is 0.316. The summed E-state index contributed by atoms with van der Waals surface area (Å²) < 4.78 is 19.6. The quantitative estimate of drug-likeness (QED) is 0.650. The van der Waals surface area contributed by atoms with Gasteiger partial charge in [0.05, 0.1) is 10.6 Å². The van der Waals surface area contributed by atoms with Gasteiger partial charge in [0.25, 0.3) is 5.91 Å². The van der Waals surface area contributed by atoms with Crippen LogP contribution in [-0.2, 0) is 4.79 Å². The number of nitrogens with zero attached hydrogens (tertiary/aromatic N) is 4. The van der Waals surface area contributed by atoms with Crippen molar-refractivity contribution >= 4 is 39.9 Å². The van der Waals surface area contributed by atoms with Crippen molar-refractivity contribution in [1.29, 1.82) is 0 Å². The summed E-state index contributed by atoms with van der Waals surface area (Å²) in [5.41, 5.74) is 1.83. The van der Waals surface area contributed by atoms with E-state index in [-0.39, 0.29) is 45.3 Å². The fourth-order valence-corrected chi connectivity index (χ4v) is 4.16. The van der Waals surface area contributed by atoms with Crippen LogP contribution in [0.3, 0.4) is 0 Å². The molecule has 1 N–H and O–H groups in total. The number of halogens is 2. The van der Waals surface area contributed by atoms with Crippen LogP contribution in [0.5, 0.6) is 0 Å².